The van der Waals surface area contributed by atoms with Crippen LogP contribution in [0.5, 0.6) is 0 Å². The second-order valence-corrected chi connectivity index (χ2v) is 4.31. The van der Waals surface area contributed by atoms with Gasteiger partial charge in [-0.15, -0.1) is 0 Å². The minimum absolute atomic E-state index is 0.0648. The van der Waals surface area contributed by atoms with E-state index < -0.39 is 0 Å². The number of hydrogen-bond acceptors (Lipinski definition) is 3. The third-order valence-corrected chi connectivity index (χ3v) is 2.80. The highest BCUT2D eigenvalue weighted by atomic mass is 127. The predicted octanol–water partition coefficient (Wildman–Crippen LogP) is 2.31. The highest BCUT2D eigenvalue weighted by Crippen LogP contribution is 2.16. The summed E-state index contributed by atoms with van der Waals surface area (Å²) in [7, 11) is -0.215. The van der Waals surface area contributed by atoms with Gasteiger partial charge in [-0.1, -0.05) is 49.3 Å². The molecule has 1 saturated heterocycles. The first-order valence-corrected chi connectivity index (χ1v) is 6.85. The summed E-state index contributed by atoms with van der Waals surface area (Å²) < 4.78 is 17.7. The van der Waals surface area contributed by atoms with Gasteiger partial charge in [-0.3, -0.25) is 0 Å². The molecule has 0 aromatic rings. The van der Waals surface area contributed by atoms with Crippen LogP contribution in [0, 0.1) is 0 Å². The fourth-order valence-electron chi connectivity index (χ4n) is 1.42. The minimum Gasteiger partial charge on any atom is -0.453 e. The van der Waals surface area contributed by atoms with E-state index in [1.54, 1.807) is 0 Å². The van der Waals surface area contributed by atoms with Crippen molar-refractivity contribution in [1.29, 1.82) is 0 Å². The van der Waals surface area contributed by atoms with Gasteiger partial charge in [0.05, 0.1) is 0 Å². The van der Waals surface area contributed by atoms with Crippen LogP contribution in [0.3, 0.4) is 0 Å². The number of alkyl halides is 1. The van der Waals surface area contributed by atoms with Crippen molar-refractivity contribution in [2.75, 3.05) is 4.33 Å². The summed E-state index contributed by atoms with van der Waals surface area (Å²) >= 11 is 2.28. The lowest BCUT2D eigenvalue weighted by molar-refractivity contribution is 0.283. The fourth-order valence-corrected chi connectivity index (χ4v) is 1.84. The van der Waals surface area contributed by atoms with Gasteiger partial charge >= 0.3 is 21.4 Å². The summed E-state index contributed by atoms with van der Waals surface area (Å²) in [6, 6.07) is 0. The normalized spacial score (nSPS) is 17.8. The van der Waals surface area contributed by atoms with E-state index in [1.165, 1.54) is 0 Å². The molecule has 78 valence electrons. The van der Waals surface area contributed by atoms with Crippen LogP contribution in [0.25, 0.3) is 0 Å². The SMILES string of the molecule is CCCB1OB(CI)OB(CCC)O1. The Hall–Kier alpha value is 0.805. The van der Waals surface area contributed by atoms with Crippen molar-refractivity contribution in [2.45, 2.75) is 39.3 Å². The van der Waals surface area contributed by atoms with Crippen molar-refractivity contribution < 1.29 is 13.7 Å². The molecule has 1 rings (SSSR count). The molecule has 7 heteroatoms. The molecular formula is C7H16B3IO3. The lowest BCUT2D eigenvalue weighted by atomic mass is 9.67. The highest BCUT2D eigenvalue weighted by Gasteiger charge is 2.38. The second-order valence-electron chi connectivity index (χ2n) is 3.43. The molecule has 0 aromatic carbocycles. The van der Waals surface area contributed by atoms with Gasteiger partial charge in [0.2, 0.25) is 0 Å². The predicted molar refractivity (Wildman–Crippen MR) is 69.6 cm³/mol. The molecule has 14 heavy (non-hydrogen) atoms. The summed E-state index contributed by atoms with van der Waals surface area (Å²) in [6.45, 7) is 4.27. The van der Waals surface area contributed by atoms with E-state index >= 15 is 0 Å². The van der Waals surface area contributed by atoms with Crippen LogP contribution < -0.4 is 0 Å². The van der Waals surface area contributed by atoms with Crippen LogP contribution in [-0.4, -0.2) is 25.7 Å². The van der Waals surface area contributed by atoms with Crippen LogP contribution in [-0.2, 0) is 13.7 Å². The van der Waals surface area contributed by atoms with Gasteiger partial charge in [0, 0.05) is 4.33 Å². The molecular weight excluding hydrogens is 291 g/mol. The van der Waals surface area contributed by atoms with Crippen molar-refractivity contribution in [2.24, 2.45) is 0 Å². The molecule has 0 unspecified atom stereocenters. The first kappa shape index (κ1) is 12.9. The largest absolute Gasteiger partial charge is 0.453 e. The average Bonchev–Trinajstić information content (AvgIpc) is 2.18. The molecule has 0 radical (unpaired) electrons. The van der Waals surface area contributed by atoms with Crippen molar-refractivity contribution in [3.8, 4) is 0 Å². The van der Waals surface area contributed by atoms with Gasteiger partial charge in [-0.2, -0.15) is 0 Å². The van der Waals surface area contributed by atoms with Crippen molar-refractivity contribution in [3.05, 3.63) is 0 Å². The maximum absolute atomic E-state index is 5.65. The molecule has 1 aliphatic heterocycles. The van der Waals surface area contributed by atoms with Crippen LogP contribution in [0.2, 0.25) is 12.6 Å². The van der Waals surface area contributed by atoms with Crippen LogP contribution in [0.15, 0.2) is 0 Å². The maximum Gasteiger partial charge on any atom is 0.439 e. The minimum atomic E-state index is -0.0857. The lowest BCUT2D eigenvalue weighted by Crippen LogP contribution is -2.49. The van der Waals surface area contributed by atoms with E-state index in [2.05, 4.69) is 36.4 Å². The zero-order chi connectivity index (χ0) is 10.4. The molecule has 0 aliphatic carbocycles. The van der Waals surface area contributed by atoms with Crippen molar-refractivity contribution in [1.82, 2.24) is 0 Å². The van der Waals surface area contributed by atoms with E-state index in [0.717, 1.165) is 29.8 Å². The molecule has 0 N–H and O–H groups in total. The third-order valence-electron chi connectivity index (χ3n) is 2.09. The third kappa shape index (κ3) is 4.12. The Morgan fingerprint density at radius 3 is 1.64 bits per heavy atom. The fraction of sp³-hybridized carbons (Fsp3) is 1.00. The number of halogens is 1. The van der Waals surface area contributed by atoms with E-state index in [9.17, 15) is 0 Å². The maximum atomic E-state index is 5.65. The summed E-state index contributed by atoms with van der Waals surface area (Å²) in [6.07, 6.45) is 4.07. The Bertz CT molecular complexity index is 149. The first-order chi connectivity index (χ1) is 6.80. The van der Waals surface area contributed by atoms with Gasteiger partial charge < -0.3 is 13.7 Å². The van der Waals surface area contributed by atoms with Crippen molar-refractivity contribution >= 4 is 43.9 Å². The molecule has 0 aromatic heterocycles. The molecule has 0 amide bonds. The van der Waals surface area contributed by atoms with Gasteiger partial charge in [-0.25, -0.2) is 0 Å². The molecule has 0 atom stereocenters. The molecule has 0 bridgehead atoms. The standard InChI is InChI=1S/C7H16B3IO3/c1-3-5-8-12-9(6-4-2)14-10(7-11)13-8/h3-7H2,1-2H3. The number of rotatable bonds is 5. The molecule has 1 heterocycles. The Balaban J connectivity index is 2.39. The zero-order valence-corrected chi connectivity index (χ0v) is 11.0. The van der Waals surface area contributed by atoms with Gasteiger partial charge in [0.25, 0.3) is 0 Å². The highest BCUT2D eigenvalue weighted by molar-refractivity contribution is 14.1. The Morgan fingerprint density at radius 2 is 1.29 bits per heavy atom. The van der Waals surface area contributed by atoms with Crippen LogP contribution in [0.4, 0.5) is 0 Å². The summed E-state index contributed by atoms with van der Waals surface area (Å²) in [4.78, 5) is 0. The van der Waals surface area contributed by atoms with Gasteiger partial charge in [0.1, 0.15) is 0 Å². The van der Waals surface area contributed by atoms with Gasteiger partial charge in [-0.05, 0) is 12.6 Å². The lowest BCUT2D eigenvalue weighted by Gasteiger charge is -2.30. The number of hydrogen-bond donors (Lipinski definition) is 0. The monoisotopic (exact) mass is 308 g/mol. The van der Waals surface area contributed by atoms with E-state index in [4.69, 9.17) is 13.7 Å². The van der Waals surface area contributed by atoms with E-state index in [-0.39, 0.29) is 21.4 Å². The van der Waals surface area contributed by atoms with E-state index in [1.807, 2.05) is 0 Å². The topological polar surface area (TPSA) is 27.7 Å². The smallest absolute Gasteiger partial charge is 0.439 e. The summed E-state index contributed by atoms with van der Waals surface area (Å²) in [5.41, 5.74) is 0. The molecule has 0 spiro atoms. The quantitative estimate of drug-likeness (QED) is 0.443. The van der Waals surface area contributed by atoms with Crippen LogP contribution >= 0.6 is 22.6 Å². The Labute approximate surface area is 101 Å². The van der Waals surface area contributed by atoms with E-state index in [0.29, 0.717) is 0 Å². The molecule has 0 saturated carbocycles. The van der Waals surface area contributed by atoms with Gasteiger partial charge in [0.15, 0.2) is 0 Å². The second kappa shape index (κ2) is 7.14. The molecule has 3 nitrogen and oxygen atoms in total. The summed E-state index contributed by atoms with van der Waals surface area (Å²) in [5, 5.41) is 0. The molecule has 1 fully saturated rings. The van der Waals surface area contributed by atoms with Crippen molar-refractivity contribution in [3.63, 3.8) is 0 Å². The van der Waals surface area contributed by atoms with Crippen LogP contribution in [0.1, 0.15) is 26.7 Å². The Kier molecular flexibility index (Phi) is 6.56. The average molecular weight is 308 g/mol. The first-order valence-electron chi connectivity index (χ1n) is 5.32. The Morgan fingerprint density at radius 1 is 0.857 bits per heavy atom. The molecule has 1 aliphatic rings. The zero-order valence-electron chi connectivity index (χ0n) is 8.87. The summed E-state index contributed by atoms with van der Waals surface area (Å²) in [5.74, 6) is 0.